The van der Waals surface area contributed by atoms with E-state index in [2.05, 4.69) is 15.3 Å². The third kappa shape index (κ3) is 4.61. The second-order valence-electron chi connectivity index (χ2n) is 6.23. The number of aliphatic hydroxyl groups is 1. The number of nitrogens with zero attached hydrogens (tertiary/aromatic N) is 2. The zero-order chi connectivity index (χ0) is 20.3. The highest BCUT2D eigenvalue weighted by molar-refractivity contribution is 6.35. The maximum absolute atomic E-state index is 12.8. The van der Waals surface area contributed by atoms with Crippen LogP contribution < -0.4 is 5.32 Å². The van der Waals surface area contributed by atoms with E-state index in [-0.39, 0.29) is 17.4 Å². The lowest BCUT2D eigenvalue weighted by Gasteiger charge is -2.14. The fourth-order valence-corrected chi connectivity index (χ4v) is 2.79. The summed E-state index contributed by atoms with van der Waals surface area (Å²) >= 11 is 6.45. The van der Waals surface area contributed by atoms with Gasteiger partial charge in [0, 0.05) is 17.7 Å². The molecule has 8 heteroatoms. The van der Waals surface area contributed by atoms with Crippen molar-refractivity contribution in [1.82, 2.24) is 9.97 Å². The molecule has 0 saturated heterocycles. The maximum Gasteiger partial charge on any atom is 0.416 e. The Labute approximate surface area is 165 Å². The monoisotopic (exact) mass is 407 g/mol. The molecule has 0 fully saturated rings. The average molecular weight is 408 g/mol. The van der Waals surface area contributed by atoms with Crippen molar-refractivity contribution in [2.24, 2.45) is 0 Å². The molecular weight excluding hydrogens is 391 g/mol. The van der Waals surface area contributed by atoms with E-state index < -0.39 is 17.8 Å². The van der Waals surface area contributed by atoms with Crippen molar-refractivity contribution in [1.29, 1.82) is 0 Å². The van der Waals surface area contributed by atoms with Gasteiger partial charge in [-0.3, -0.25) is 0 Å². The largest absolute Gasteiger partial charge is 0.416 e. The van der Waals surface area contributed by atoms with Gasteiger partial charge in [0.2, 0.25) is 0 Å². The minimum atomic E-state index is -4.42. The summed E-state index contributed by atoms with van der Waals surface area (Å²) in [6.45, 7) is 1.81. The Balaban J connectivity index is 2.08. The lowest BCUT2D eigenvalue weighted by Crippen LogP contribution is -2.17. The van der Waals surface area contributed by atoms with Crippen LogP contribution in [0.5, 0.6) is 0 Å². The van der Waals surface area contributed by atoms with Gasteiger partial charge >= 0.3 is 6.18 Å². The Morgan fingerprint density at radius 1 is 1.00 bits per heavy atom. The van der Waals surface area contributed by atoms with E-state index in [1.165, 1.54) is 12.1 Å². The van der Waals surface area contributed by atoms with Gasteiger partial charge in [0.25, 0.3) is 0 Å². The van der Waals surface area contributed by atoms with Crippen LogP contribution in [-0.2, 0) is 6.18 Å². The van der Waals surface area contributed by atoms with E-state index in [9.17, 15) is 18.3 Å². The summed E-state index contributed by atoms with van der Waals surface area (Å²) < 4.78 is 38.5. The standard InChI is InChI=1S/C20H17ClF3N3O/c1-12(28)11-25-19-16(21)17(13-5-3-2-4-6-13)26-18(27-19)14-7-9-15(10-8-14)20(22,23)24/h2-10,12,28H,11H2,1H3,(H,25,26,27). The van der Waals surface area contributed by atoms with E-state index in [0.717, 1.165) is 17.7 Å². The number of benzene rings is 2. The summed E-state index contributed by atoms with van der Waals surface area (Å²) in [5.74, 6) is 0.524. The molecule has 0 radical (unpaired) electrons. The fourth-order valence-electron chi connectivity index (χ4n) is 2.53. The van der Waals surface area contributed by atoms with Gasteiger partial charge in [0.15, 0.2) is 5.82 Å². The SMILES string of the molecule is CC(O)CNc1nc(-c2ccc(C(F)(F)F)cc2)nc(-c2ccccc2)c1Cl. The lowest BCUT2D eigenvalue weighted by molar-refractivity contribution is -0.137. The predicted molar refractivity (Wildman–Crippen MR) is 103 cm³/mol. The van der Waals surface area contributed by atoms with Crippen LogP contribution >= 0.6 is 11.6 Å². The van der Waals surface area contributed by atoms with Gasteiger partial charge in [0.1, 0.15) is 10.8 Å². The predicted octanol–water partition coefficient (Wildman–Crippen LogP) is 5.28. The molecule has 1 unspecified atom stereocenters. The van der Waals surface area contributed by atoms with Crippen LogP contribution in [0.4, 0.5) is 19.0 Å². The van der Waals surface area contributed by atoms with Crippen molar-refractivity contribution < 1.29 is 18.3 Å². The molecule has 0 spiro atoms. The smallest absolute Gasteiger partial charge is 0.392 e. The number of hydrogen-bond donors (Lipinski definition) is 2. The molecule has 1 heterocycles. The molecule has 0 amide bonds. The molecular formula is C20H17ClF3N3O. The zero-order valence-corrected chi connectivity index (χ0v) is 15.6. The summed E-state index contributed by atoms with van der Waals surface area (Å²) in [6, 6.07) is 13.8. The first-order valence-electron chi connectivity index (χ1n) is 8.48. The number of halogens is 4. The number of hydrogen-bond acceptors (Lipinski definition) is 4. The van der Waals surface area contributed by atoms with Crippen LogP contribution in [0, 0.1) is 0 Å². The quantitative estimate of drug-likeness (QED) is 0.604. The van der Waals surface area contributed by atoms with Crippen LogP contribution in [-0.4, -0.2) is 27.7 Å². The molecule has 0 aliphatic carbocycles. The molecule has 2 aromatic carbocycles. The molecule has 4 nitrogen and oxygen atoms in total. The second kappa shape index (κ2) is 8.16. The van der Waals surface area contributed by atoms with Crippen LogP contribution in [0.15, 0.2) is 54.6 Å². The molecule has 0 bridgehead atoms. The zero-order valence-electron chi connectivity index (χ0n) is 14.8. The number of aromatic nitrogens is 2. The molecule has 2 N–H and O–H groups in total. The summed E-state index contributed by atoms with van der Waals surface area (Å²) in [6.07, 6.45) is -5.06. The first-order valence-corrected chi connectivity index (χ1v) is 8.86. The van der Waals surface area contributed by atoms with E-state index >= 15 is 0 Å². The van der Waals surface area contributed by atoms with Crippen molar-refractivity contribution in [2.75, 3.05) is 11.9 Å². The minimum Gasteiger partial charge on any atom is -0.392 e. The summed E-state index contributed by atoms with van der Waals surface area (Å²) in [5.41, 5.74) is 0.853. The average Bonchev–Trinajstić information content (AvgIpc) is 2.67. The van der Waals surface area contributed by atoms with Crippen molar-refractivity contribution >= 4 is 17.4 Å². The van der Waals surface area contributed by atoms with E-state index in [1.54, 1.807) is 6.92 Å². The molecule has 3 rings (SSSR count). The highest BCUT2D eigenvalue weighted by Gasteiger charge is 2.30. The number of anilines is 1. The molecule has 0 saturated carbocycles. The molecule has 0 aliphatic heterocycles. The van der Waals surface area contributed by atoms with Crippen molar-refractivity contribution in [2.45, 2.75) is 19.2 Å². The Morgan fingerprint density at radius 3 is 2.21 bits per heavy atom. The Morgan fingerprint density at radius 2 is 1.64 bits per heavy atom. The fraction of sp³-hybridized carbons (Fsp3) is 0.200. The third-order valence-electron chi connectivity index (χ3n) is 3.93. The Kier molecular flexibility index (Phi) is 5.86. The van der Waals surface area contributed by atoms with Crippen molar-refractivity contribution in [3.05, 3.63) is 65.2 Å². The van der Waals surface area contributed by atoms with Gasteiger partial charge in [-0.1, -0.05) is 54.1 Å². The van der Waals surface area contributed by atoms with E-state index in [4.69, 9.17) is 11.6 Å². The van der Waals surface area contributed by atoms with Gasteiger partial charge in [-0.15, -0.1) is 0 Å². The van der Waals surface area contributed by atoms with Gasteiger partial charge in [-0.25, -0.2) is 9.97 Å². The molecule has 146 valence electrons. The van der Waals surface area contributed by atoms with Crippen LogP contribution in [0.2, 0.25) is 5.02 Å². The first-order chi connectivity index (χ1) is 13.3. The molecule has 28 heavy (non-hydrogen) atoms. The Hall–Kier alpha value is -2.64. The Bertz CT molecular complexity index is 945. The second-order valence-corrected chi connectivity index (χ2v) is 6.61. The van der Waals surface area contributed by atoms with Gasteiger partial charge in [-0.05, 0) is 19.1 Å². The maximum atomic E-state index is 12.8. The van der Waals surface area contributed by atoms with Crippen LogP contribution in [0.1, 0.15) is 12.5 Å². The molecule has 1 atom stereocenters. The normalized spacial score (nSPS) is 12.6. The number of nitrogens with one attached hydrogen (secondary N) is 1. The van der Waals surface area contributed by atoms with Crippen LogP contribution in [0.25, 0.3) is 22.6 Å². The van der Waals surface area contributed by atoms with E-state index in [1.807, 2.05) is 30.3 Å². The van der Waals surface area contributed by atoms with Crippen molar-refractivity contribution in [3.8, 4) is 22.6 Å². The van der Waals surface area contributed by atoms with Gasteiger partial charge in [0.05, 0.1) is 17.4 Å². The highest BCUT2D eigenvalue weighted by atomic mass is 35.5. The minimum absolute atomic E-state index is 0.206. The first kappa shape index (κ1) is 20.1. The summed E-state index contributed by atoms with van der Waals surface area (Å²) in [7, 11) is 0. The lowest BCUT2D eigenvalue weighted by atomic mass is 10.1. The topological polar surface area (TPSA) is 58.0 Å². The summed E-state index contributed by atoms with van der Waals surface area (Å²) in [4.78, 5) is 8.81. The molecule has 3 aromatic rings. The highest BCUT2D eigenvalue weighted by Crippen LogP contribution is 2.35. The van der Waals surface area contributed by atoms with Gasteiger partial charge in [-0.2, -0.15) is 13.2 Å². The summed E-state index contributed by atoms with van der Waals surface area (Å²) in [5, 5.41) is 12.7. The van der Waals surface area contributed by atoms with Gasteiger partial charge < -0.3 is 10.4 Å². The molecule has 0 aliphatic rings. The van der Waals surface area contributed by atoms with Crippen molar-refractivity contribution in [3.63, 3.8) is 0 Å². The number of rotatable bonds is 5. The van der Waals surface area contributed by atoms with Crippen LogP contribution in [0.3, 0.4) is 0 Å². The number of alkyl halides is 3. The third-order valence-corrected chi connectivity index (χ3v) is 4.29. The van der Waals surface area contributed by atoms with E-state index in [0.29, 0.717) is 17.1 Å². The molecule has 1 aromatic heterocycles. The number of aliphatic hydroxyl groups excluding tert-OH is 1.